The molecule has 0 radical (unpaired) electrons. The van der Waals surface area contributed by atoms with Gasteiger partial charge in [-0.3, -0.25) is 24.2 Å². The molecule has 1 saturated carbocycles. The van der Waals surface area contributed by atoms with Crippen LogP contribution >= 0.6 is 0 Å². The molecule has 3 saturated heterocycles. The molecule has 4 aliphatic rings. The number of benzene rings is 3. The molecular formula is C46H58N4O8. The molecule has 12 heteroatoms. The molecular weight excluding hydrogens is 737 g/mol. The molecule has 1 aliphatic carbocycles. The second-order valence-corrected chi connectivity index (χ2v) is 17.5. The zero-order valence-corrected chi connectivity index (χ0v) is 34.1. The van der Waals surface area contributed by atoms with E-state index in [2.05, 4.69) is 22.5 Å². The number of hydrogen-bond donors (Lipinski definition) is 3. The molecule has 310 valence electrons. The molecule has 3 N–H and O–H groups in total. The summed E-state index contributed by atoms with van der Waals surface area (Å²) in [5.74, 6) is -0.291. The molecule has 0 spiro atoms. The SMILES string of the molecule is C[C@@H]1[C@H](CN2[C@@H](C(=O)NC(C)(C)C)CC[C@H]3CCCC[C@H]32)O[C@H](c2ccc(CN3C(=O)CC(NC(=O)OCc4ccccc4)C3=O)cc2)O[C@@H]1c1ccc(CO)cc1. The van der Waals surface area contributed by atoms with Gasteiger partial charge < -0.3 is 30.0 Å². The van der Waals surface area contributed by atoms with E-state index < -0.39 is 24.3 Å². The summed E-state index contributed by atoms with van der Waals surface area (Å²) in [5.41, 5.74) is 3.78. The van der Waals surface area contributed by atoms with Gasteiger partial charge in [-0.1, -0.05) is 98.6 Å². The molecule has 58 heavy (non-hydrogen) atoms. The van der Waals surface area contributed by atoms with Crippen LogP contribution in [0.4, 0.5) is 4.79 Å². The van der Waals surface area contributed by atoms with Crippen molar-refractivity contribution in [3.05, 3.63) is 107 Å². The summed E-state index contributed by atoms with van der Waals surface area (Å²) >= 11 is 0. The standard InChI is InChI=1S/C46H58N4O8/c1-29-39(26-49-37-13-9-8-12-33(37)22-23-38(49)42(53)48-46(2,3)4)57-44(58-41(29)34-18-16-31(27-51)17-19-34)35-20-14-30(15-21-35)25-50-40(52)24-36(43(50)54)47-45(55)56-28-32-10-6-5-7-11-32/h5-7,10-11,14-21,29,33,36-39,41,44,51H,8-9,12-13,22-28H2,1-4H3,(H,47,55)(H,48,53)/t29-,33-,36?,37-,38-,39+,41+,44+/m1/s1. The van der Waals surface area contributed by atoms with Crippen LogP contribution in [-0.4, -0.2) is 75.0 Å². The molecule has 3 heterocycles. The van der Waals surface area contributed by atoms with Crippen molar-refractivity contribution in [2.75, 3.05) is 6.54 Å². The number of carbonyl (C=O) groups excluding carboxylic acids is 4. The first kappa shape index (κ1) is 41.5. The molecule has 0 aromatic heterocycles. The van der Waals surface area contributed by atoms with Gasteiger partial charge in [-0.25, -0.2) is 4.79 Å². The van der Waals surface area contributed by atoms with E-state index in [0.717, 1.165) is 58.4 Å². The second-order valence-electron chi connectivity index (χ2n) is 17.5. The number of aliphatic hydroxyl groups excluding tert-OH is 1. The Kier molecular flexibility index (Phi) is 13.0. The molecule has 4 amide bonds. The molecule has 8 atom stereocenters. The largest absolute Gasteiger partial charge is 0.445 e. The number of carbonyl (C=O) groups is 4. The summed E-state index contributed by atoms with van der Waals surface area (Å²) in [6.45, 7) is 8.86. The van der Waals surface area contributed by atoms with E-state index in [0.29, 0.717) is 18.5 Å². The zero-order chi connectivity index (χ0) is 41.0. The Morgan fingerprint density at radius 2 is 1.53 bits per heavy atom. The monoisotopic (exact) mass is 794 g/mol. The van der Waals surface area contributed by atoms with E-state index in [1.807, 2.05) is 99.6 Å². The topological polar surface area (TPSA) is 147 Å². The average molecular weight is 795 g/mol. The highest BCUT2D eigenvalue weighted by Gasteiger charge is 2.46. The van der Waals surface area contributed by atoms with Gasteiger partial charge in [-0.05, 0) is 74.6 Å². The lowest BCUT2D eigenvalue weighted by Crippen LogP contribution is -2.61. The van der Waals surface area contributed by atoms with Crippen LogP contribution in [0.5, 0.6) is 0 Å². The third-order valence-electron chi connectivity index (χ3n) is 12.2. The Balaban J connectivity index is 1.07. The van der Waals surface area contributed by atoms with Crippen molar-refractivity contribution in [3.8, 4) is 0 Å². The maximum absolute atomic E-state index is 13.9. The van der Waals surface area contributed by atoms with Crippen molar-refractivity contribution in [3.63, 3.8) is 0 Å². The van der Waals surface area contributed by atoms with Gasteiger partial charge in [0.25, 0.3) is 5.91 Å². The lowest BCUT2D eigenvalue weighted by molar-refractivity contribution is -0.278. The first-order chi connectivity index (χ1) is 27.9. The van der Waals surface area contributed by atoms with Crippen LogP contribution in [0.1, 0.15) is 113 Å². The van der Waals surface area contributed by atoms with Gasteiger partial charge in [0.2, 0.25) is 11.8 Å². The quantitative estimate of drug-likeness (QED) is 0.186. The van der Waals surface area contributed by atoms with Gasteiger partial charge in [0, 0.05) is 29.6 Å². The van der Waals surface area contributed by atoms with Gasteiger partial charge in [-0.2, -0.15) is 0 Å². The molecule has 12 nitrogen and oxygen atoms in total. The number of hydrogen-bond acceptors (Lipinski definition) is 9. The Morgan fingerprint density at radius 1 is 0.845 bits per heavy atom. The average Bonchev–Trinajstić information content (AvgIpc) is 3.47. The van der Waals surface area contributed by atoms with E-state index in [-0.39, 0.29) is 67.7 Å². The maximum atomic E-state index is 13.9. The van der Waals surface area contributed by atoms with E-state index in [4.69, 9.17) is 14.2 Å². The number of ether oxygens (including phenoxy) is 3. The Hall–Kier alpha value is -4.62. The smallest absolute Gasteiger partial charge is 0.408 e. The number of rotatable bonds is 11. The van der Waals surface area contributed by atoms with Crippen molar-refractivity contribution < 1.29 is 38.5 Å². The Bertz CT molecular complexity index is 1900. The Morgan fingerprint density at radius 3 is 2.24 bits per heavy atom. The minimum atomic E-state index is -0.996. The summed E-state index contributed by atoms with van der Waals surface area (Å²) in [7, 11) is 0. The van der Waals surface area contributed by atoms with Crippen LogP contribution in [-0.2, 0) is 48.4 Å². The number of aliphatic hydroxyl groups is 1. The van der Waals surface area contributed by atoms with Crippen LogP contribution in [0.2, 0.25) is 0 Å². The molecule has 3 aromatic carbocycles. The summed E-state index contributed by atoms with van der Waals surface area (Å²) in [4.78, 5) is 56.2. The van der Waals surface area contributed by atoms with E-state index >= 15 is 0 Å². The maximum Gasteiger partial charge on any atom is 0.408 e. The number of nitrogens with zero attached hydrogens (tertiary/aromatic N) is 2. The van der Waals surface area contributed by atoms with E-state index in [1.165, 1.54) is 12.8 Å². The number of amides is 4. The number of likely N-dealkylation sites (tertiary alicyclic amines) is 2. The summed E-state index contributed by atoms with van der Waals surface area (Å²) < 4.78 is 18.9. The van der Waals surface area contributed by atoms with Crippen LogP contribution < -0.4 is 10.6 Å². The Labute approximate surface area is 341 Å². The lowest BCUT2D eigenvalue weighted by atomic mass is 9.75. The van der Waals surface area contributed by atoms with Gasteiger partial charge in [0.1, 0.15) is 12.6 Å². The van der Waals surface area contributed by atoms with E-state index in [9.17, 15) is 24.3 Å². The highest BCUT2D eigenvalue weighted by Crippen LogP contribution is 2.44. The molecule has 3 aromatic rings. The summed E-state index contributed by atoms with van der Waals surface area (Å²) in [5, 5.41) is 15.5. The van der Waals surface area contributed by atoms with Crippen LogP contribution in [0, 0.1) is 11.8 Å². The normalized spacial score (nSPS) is 27.8. The first-order valence-corrected chi connectivity index (χ1v) is 20.9. The van der Waals surface area contributed by atoms with Crippen molar-refractivity contribution in [2.24, 2.45) is 11.8 Å². The molecule has 0 bridgehead atoms. The number of alkyl carbamates (subject to hydrolysis) is 1. The predicted molar refractivity (Wildman–Crippen MR) is 217 cm³/mol. The van der Waals surface area contributed by atoms with Gasteiger partial charge in [-0.15, -0.1) is 0 Å². The van der Waals surface area contributed by atoms with Gasteiger partial charge in [0.05, 0.1) is 37.8 Å². The van der Waals surface area contributed by atoms with Crippen molar-refractivity contribution in [1.29, 1.82) is 0 Å². The number of nitrogens with one attached hydrogen (secondary N) is 2. The number of piperidine rings is 1. The van der Waals surface area contributed by atoms with Crippen molar-refractivity contribution >= 4 is 23.8 Å². The van der Waals surface area contributed by atoms with Crippen LogP contribution in [0.25, 0.3) is 0 Å². The fourth-order valence-corrected chi connectivity index (χ4v) is 9.10. The number of imide groups is 1. The first-order valence-electron chi connectivity index (χ1n) is 20.9. The highest BCUT2D eigenvalue weighted by molar-refractivity contribution is 6.06. The van der Waals surface area contributed by atoms with Gasteiger partial charge >= 0.3 is 6.09 Å². The van der Waals surface area contributed by atoms with E-state index in [1.54, 1.807) is 0 Å². The predicted octanol–water partition coefficient (Wildman–Crippen LogP) is 6.46. The third kappa shape index (κ3) is 9.80. The molecule has 7 rings (SSSR count). The van der Waals surface area contributed by atoms with Crippen molar-refractivity contribution in [2.45, 2.75) is 135 Å². The van der Waals surface area contributed by atoms with Crippen LogP contribution in [0.15, 0.2) is 78.9 Å². The fraction of sp³-hybridized carbons (Fsp3) is 0.522. The molecule has 4 fully saturated rings. The minimum Gasteiger partial charge on any atom is -0.445 e. The summed E-state index contributed by atoms with van der Waals surface area (Å²) in [6, 6.07) is 23.6. The highest BCUT2D eigenvalue weighted by atomic mass is 16.7. The fourth-order valence-electron chi connectivity index (χ4n) is 9.10. The molecule has 1 unspecified atom stereocenters. The number of fused-ring (bicyclic) bond motifs is 1. The van der Waals surface area contributed by atoms with Crippen LogP contribution in [0.3, 0.4) is 0 Å². The third-order valence-corrected chi connectivity index (χ3v) is 12.2. The van der Waals surface area contributed by atoms with Gasteiger partial charge in [0.15, 0.2) is 6.29 Å². The lowest BCUT2D eigenvalue weighted by Gasteiger charge is -2.51. The van der Waals surface area contributed by atoms with Crippen molar-refractivity contribution in [1.82, 2.24) is 20.4 Å². The molecule has 3 aliphatic heterocycles. The second kappa shape index (κ2) is 18.1. The summed E-state index contributed by atoms with van der Waals surface area (Å²) in [6.07, 6.45) is 4.27. The minimum absolute atomic E-state index is 0.0509. The zero-order valence-electron chi connectivity index (χ0n) is 34.1.